The summed E-state index contributed by atoms with van der Waals surface area (Å²) in [5.41, 5.74) is 2.68. The molecule has 0 bridgehead atoms. The Bertz CT molecular complexity index is 694. The number of carbonyl (C=O) groups excluding carboxylic acids is 1. The van der Waals surface area contributed by atoms with Gasteiger partial charge in [-0.2, -0.15) is 0 Å². The number of fused-ring (bicyclic) bond motifs is 1. The Hall–Kier alpha value is -1.99. The van der Waals surface area contributed by atoms with Crippen molar-refractivity contribution in [3.63, 3.8) is 0 Å². The third-order valence-corrected chi connectivity index (χ3v) is 3.95. The minimum absolute atomic E-state index is 0.112. The number of aryl methyl sites for hydroxylation is 1. The van der Waals surface area contributed by atoms with Crippen LogP contribution in [0.25, 0.3) is 11.1 Å². The van der Waals surface area contributed by atoms with Crippen LogP contribution in [0, 0.1) is 6.92 Å². The number of aromatic nitrogens is 2. The van der Waals surface area contributed by atoms with Gasteiger partial charge in [0.1, 0.15) is 0 Å². The van der Waals surface area contributed by atoms with Crippen LogP contribution in [0.5, 0.6) is 0 Å². The monoisotopic (exact) mass is 318 g/mol. The minimum Gasteiger partial charge on any atom is -0.383 e. The van der Waals surface area contributed by atoms with Crippen LogP contribution in [0.2, 0.25) is 0 Å². The van der Waals surface area contributed by atoms with E-state index in [1.54, 1.807) is 7.11 Å². The van der Waals surface area contributed by atoms with Crippen LogP contribution in [0.4, 0.5) is 0 Å². The lowest BCUT2D eigenvalue weighted by atomic mass is 10.1. The number of ether oxygens (including phenoxy) is 1. The summed E-state index contributed by atoms with van der Waals surface area (Å²) in [6, 6.07) is 1.89. The summed E-state index contributed by atoms with van der Waals surface area (Å²) in [6.07, 6.45) is 2.24. The van der Waals surface area contributed by atoms with Crippen molar-refractivity contribution >= 4 is 17.0 Å². The maximum Gasteiger partial charge on any atom is 0.259 e. The van der Waals surface area contributed by atoms with Gasteiger partial charge < -0.3 is 19.9 Å². The second-order valence-corrected chi connectivity index (χ2v) is 5.82. The van der Waals surface area contributed by atoms with Crippen LogP contribution in [-0.4, -0.2) is 49.4 Å². The van der Waals surface area contributed by atoms with E-state index in [2.05, 4.69) is 20.8 Å². The fraction of sp³-hybridized carbons (Fsp3) is 0.562. The molecule has 0 unspecified atom stereocenters. The molecular weight excluding hydrogens is 296 g/mol. The lowest BCUT2D eigenvalue weighted by Crippen LogP contribution is -2.33. The minimum atomic E-state index is -0.112. The van der Waals surface area contributed by atoms with Crippen molar-refractivity contribution in [3.05, 3.63) is 23.0 Å². The number of methoxy groups -OCH3 is 1. The highest BCUT2D eigenvalue weighted by Gasteiger charge is 2.28. The molecule has 0 aliphatic heterocycles. The van der Waals surface area contributed by atoms with Gasteiger partial charge in [0.25, 0.3) is 11.6 Å². The van der Waals surface area contributed by atoms with Gasteiger partial charge in [0.15, 0.2) is 0 Å². The number of amides is 1. The predicted octanol–water partition coefficient (Wildman–Crippen LogP) is 1.37. The van der Waals surface area contributed by atoms with E-state index in [4.69, 9.17) is 9.26 Å². The van der Waals surface area contributed by atoms with E-state index in [0.29, 0.717) is 48.0 Å². The van der Waals surface area contributed by atoms with Gasteiger partial charge in [0, 0.05) is 38.4 Å². The highest BCUT2D eigenvalue weighted by atomic mass is 16.5. The summed E-state index contributed by atoms with van der Waals surface area (Å²) in [7, 11) is 1.66. The topological polar surface area (TPSA) is 89.3 Å². The summed E-state index contributed by atoms with van der Waals surface area (Å²) < 4.78 is 10.2. The molecule has 0 aromatic carbocycles. The molecule has 7 nitrogen and oxygen atoms in total. The normalized spacial score (nSPS) is 14.3. The maximum absolute atomic E-state index is 12.5. The first-order valence-corrected chi connectivity index (χ1v) is 7.95. The lowest BCUT2D eigenvalue weighted by Gasteiger charge is -2.08. The number of rotatable bonds is 8. The smallest absolute Gasteiger partial charge is 0.259 e. The summed E-state index contributed by atoms with van der Waals surface area (Å²) in [5.74, 6) is 0.339. The SMILES string of the molecule is COCCNCCNC(=O)c1cc(C2CC2)nc2onc(C)c12. The second-order valence-electron chi connectivity index (χ2n) is 5.82. The molecule has 2 N–H and O–H groups in total. The van der Waals surface area contributed by atoms with Gasteiger partial charge in [0.05, 0.1) is 23.3 Å². The number of pyridine rings is 1. The van der Waals surface area contributed by atoms with Crippen LogP contribution >= 0.6 is 0 Å². The largest absolute Gasteiger partial charge is 0.383 e. The first kappa shape index (κ1) is 15.9. The molecule has 0 spiro atoms. The molecule has 23 heavy (non-hydrogen) atoms. The molecule has 0 atom stereocenters. The molecule has 0 radical (unpaired) electrons. The van der Waals surface area contributed by atoms with Crippen LogP contribution in [0.3, 0.4) is 0 Å². The van der Waals surface area contributed by atoms with E-state index in [0.717, 1.165) is 25.1 Å². The Balaban J connectivity index is 1.70. The van der Waals surface area contributed by atoms with Crippen molar-refractivity contribution < 1.29 is 14.1 Å². The van der Waals surface area contributed by atoms with Crippen molar-refractivity contribution in [1.29, 1.82) is 0 Å². The molecule has 3 rings (SSSR count). The van der Waals surface area contributed by atoms with Crippen molar-refractivity contribution in [3.8, 4) is 0 Å². The van der Waals surface area contributed by atoms with E-state index in [-0.39, 0.29) is 5.91 Å². The average molecular weight is 318 g/mol. The van der Waals surface area contributed by atoms with Crippen LogP contribution < -0.4 is 10.6 Å². The quantitative estimate of drug-likeness (QED) is 0.715. The van der Waals surface area contributed by atoms with Crippen LogP contribution in [0.1, 0.15) is 40.5 Å². The lowest BCUT2D eigenvalue weighted by molar-refractivity contribution is 0.0955. The standard InChI is InChI=1S/C16H22N4O3/c1-10-14-12(15(21)18-6-5-17-7-8-22-2)9-13(11-3-4-11)19-16(14)23-20-10/h9,11,17H,3-8H2,1-2H3,(H,18,21). The van der Waals surface area contributed by atoms with Crippen molar-refractivity contribution in [2.75, 3.05) is 33.4 Å². The summed E-state index contributed by atoms with van der Waals surface area (Å²) >= 11 is 0. The van der Waals surface area contributed by atoms with E-state index in [1.807, 2.05) is 13.0 Å². The molecular formula is C16H22N4O3. The summed E-state index contributed by atoms with van der Waals surface area (Å²) in [6.45, 7) is 4.50. The number of nitrogens with zero attached hydrogens (tertiary/aromatic N) is 2. The van der Waals surface area contributed by atoms with Gasteiger partial charge in [-0.15, -0.1) is 0 Å². The van der Waals surface area contributed by atoms with E-state index < -0.39 is 0 Å². The first-order chi connectivity index (χ1) is 11.2. The van der Waals surface area contributed by atoms with Gasteiger partial charge in [-0.3, -0.25) is 4.79 Å². The van der Waals surface area contributed by atoms with Gasteiger partial charge in [-0.1, -0.05) is 5.16 Å². The Kier molecular flexibility index (Phi) is 4.88. The number of hydrogen-bond donors (Lipinski definition) is 2. The van der Waals surface area contributed by atoms with E-state index >= 15 is 0 Å². The van der Waals surface area contributed by atoms with Crippen LogP contribution in [0.15, 0.2) is 10.6 Å². The van der Waals surface area contributed by atoms with Crippen LogP contribution in [-0.2, 0) is 4.74 Å². The molecule has 2 aromatic heterocycles. The van der Waals surface area contributed by atoms with Crippen molar-refractivity contribution in [1.82, 2.24) is 20.8 Å². The Labute approximate surface area is 134 Å². The maximum atomic E-state index is 12.5. The molecule has 124 valence electrons. The molecule has 0 saturated heterocycles. The van der Waals surface area contributed by atoms with Gasteiger partial charge in [0.2, 0.25) is 0 Å². The fourth-order valence-electron chi connectivity index (χ4n) is 2.54. The number of nitrogens with one attached hydrogen (secondary N) is 2. The van der Waals surface area contributed by atoms with Crippen molar-refractivity contribution in [2.24, 2.45) is 0 Å². The molecule has 1 amide bonds. The Morgan fingerprint density at radius 1 is 1.39 bits per heavy atom. The third-order valence-electron chi connectivity index (χ3n) is 3.95. The summed E-state index contributed by atoms with van der Waals surface area (Å²) in [5, 5.41) is 10.8. The molecule has 2 aromatic rings. The Morgan fingerprint density at radius 3 is 2.96 bits per heavy atom. The fourth-order valence-corrected chi connectivity index (χ4v) is 2.54. The molecule has 1 fully saturated rings. The number of hydrogen-bond acceptors (Lipinski definition) is 6. The highest BCUT2D eigenvalue weighted by Crippen LogP contribution is 2.40. The summed E-state index contributed by atoms with van der Waals surface area (Å²) in [4.78, 5) is 17.0. The zero-order valence-corrected chi connectivity index (χ0v) is 13.5. The molecule has 1 aliphatic rings. The first-order valence-electron chi connectivity index (χ1n) is 7.95. The Morgan fingerprint density at radius 2 is 2.22 bits per heavy atom. The molecule has 1 aliphatic carbocycles. The predicted molar refractivity (Wildman–Crippen MR) is 85.6 cm³/mol. The van der Waals surface area contributed by atoms with Gasteiger partial charge in [-0.25, -0.2) is 4.98 Å². The zero-order chi connectivity index (χ0) is 16.2. The van der Waals surface area contributed by atoms with E-state index in [1.165, 1.54) is 0 Å². The van der Waals surface area contributed by atoms with E-state index in [9.17, 15) is 4.79 Å². The second kappa shape index (κ2) is 7.06. The molecule has 7 heteroatoms. The highest BCUT2D eigenvalue weighted by molar-refractivity contribution is 6.06. The average Bonchev–Trinajstić information content (AvgIpc) is 3.34. The third kappa shape index (κ3) is 3.68. The molecule has 1 saturated carbocycles. The van der Waals surface area contributed by atoms with Gasteiger partial charge >= 0.3 is 0 Å². The van der Waals surface area contributed by atoms with Crippen molar-refractivity contribution in [2.45, 2.75) is 25.7 Å². The number of carbonyl (C=O) groups is 1. The van der Waals surface area contributed by atoms with Gasteiger partial charge in [-0.05, 0) is 25.8 Å². The molecule has 2 heterocycles. The zero-order valence-electron chi connectivity index (χ0n) is 13.5.